The first kappa shape index (κ1) is 32.4. The molecule has 12 aromatic rings. The minimum atomic E-state index is 0.875. The van der Waals surface area contributed by atoms with Gasteiger partial charge in [0.2, 0.25) is 0 Å². The fraction of sp³-hybridized carbons (Fsp3) is 0. The Kier molecular flexibility index (Phi) is 7.20. The van der Waals surface area contributed by atoms with Gasteiger partial charge in [-0.25, -0.2) is 9.97 Å². The van der Waals surface area contributed by atoms with Crippen LogP contribution in [0.1, 0.15) is 0 Å². The molecule has 3 heterocycles. The van der Waals surface area contributed by atoms with Crippen molar-refractivity contribution in [1.29, 1.82) is 0 Å². The highest BCUT2D eigenvalue weighted by molar-refractivity contribution is 6.22. The van der Waals surface area contributed by atoms with E-state index in [2.05, 4.69) is 185 Å². The third-order valence-electron chi connectivity index (χ3n) is 11.7. The molecule has 0 saturated carbocycles. The van der Waals surface area contributed by atoms with Crippen molar-refractivity contribution in [1.82, 2.24) is 19.1 Å². The van der Waals surface area contributed by atoms with Crippen LogP contribution in [-0.2, 0) is 0 Å². The lowest BCUT2D eigenvalue weighted by molar-refractivity contribution is 1.18. The monoisotopic (exact) mass is 738 g/mol. The minimum absolute atomic E-state index is 0.875. The summed E-state index contributed by atoms with van der Waals surface area (Å²) >= 11 is 0. The fourth-order valence-corrected chi connectivity index (χ4v) is 9.02. The van der Waals surface area contributed by atoms with Crippen LogP contribution in [0.5, 0.6) is 0 Å². The van der Waals surface area contributed by atoms with Crippen molar-refractivity contribution < 1.29 is 0 Å². The fourth-order valence-electron chi connectivity index (χ4n) is 9.02. The molecule has 0 aliphatic rings. The van der Waals surface area contributed by atoms with Crippen molar-refractivity contribution in [3.8, 4) is 45.0 Å². The number of rotatable bonds is 5. The Morgan fingerprint density at radius 3 is 1.50 bits per heavy atom. The first-order valence-corrected chi connectivity index (χ1v) is 19.7. The topological polar surface area (TPSA) is 35.6 Å². The smallest absolute Gasteiger partial charge is 0.0973 e. The average Bonchev–Trinajstić information content (AvgIpc) is 3.82. The molecular weight excluding hydrogens is 705 g/mol. The molecule has 0 aliphatic carbocycles. The van der Waals surface area contributed by atoms with Crippen molar-refractivity contribution in [3.63, 3.8) is 0 Å². The molecule has 0 aliphatic heterocycles. The van der Waals surface area contributed by atoms with Crippen molar-refractivity contribution in [2.24, 2.45) is 0 Å². The lowest BCUT2D eigenvalue weighted by Crippen LogP contribution is -1.97. The molecule has 0 bridgehead atoms. The van der Waals surface area contributed by atoms with Gasteiger partial charge < -0.3 is 9.13 Å². The molecule has 0 saturated heterocycles. The van der Waals surface area contributed by atoms with Gasteiger partial charge in [0.05, 0.1) is 44.5 Å². The van der Waals surface area contributed by atoms with Gasteiger partial charge in [0, 0.05) is 44.0 Å². The highest BCUT2D eigenvalue weighted by Gasteiger charge is 2.19. The van der Waals surface area contributed by atoms with E-state index < -0.39 is 0 Å². The molecule has 0 fully saturated rings. The summed E-state index contributed by atoms with van der Waals surface area (Å²) in [5, 5.41) is 7.50. The maximum atomic E-state index is 5.15. The molecule has 9 aromatic carbocycles. The molecule has 4 nitrogen and oxygen atoms in total. The van der Waals surface area contributed by atoms with Crippen LogP contribution in [0, 0.1) is 0 Å². The summed E-state index contributed by atoms with van der Waals surface area (Å²) in [6.45, 7) is 0. The van der Waals surface area contributed by atoms with Crippen molar-refractivity contribution in [2.75, 3.05) is 0 Å². The number of fused-ring (bicyclic) bond motifs is 9. The second kappa shape index (κ2) is 12.9. The second-order valence-electron chi connectivity index (χ2n) is 15.0. The predicted molar refractivity (Wildman–Crippen MR) is 242 cm³/mol. The number of hydrogen-bond donors (Lipinski definition) is 0. The lowest BCUT2D eigenvalue weighted by atomic mass is 9.99. The summed E-state index contributed by atoms with van der Waals surface area (Å²) in [6, 6.07) is 73.8. The van der Waals surface area contributed by atoms with Gasteiger partial charge in [-0.1, -0.05) is 133 Å². The van der Waals surface area contributed by atoms with Gasteiger partial charge in [-0.05, 0) is 94.7 Å². The van der Waals surface area contributed by atoms with Crippen LogP contribution in [0.25, 0.3) is 110 Å². The Morgan fingerprint density at radius 1 is 0.293 bits per heavy atom. The van der Waals surface area contributed by atoms with Crippen molar-refractivity contribution >= 4 is 65.4 Å². The summed E-state index contributed by atoms with van der Waals surface area (Å²) in [5.74, 6) is 0. The van der Waals surface area contributed by atoms with Crippen LogP contribution in [0.3, 0.4) is 0 Å². The standard InChI is InChI=1S/C54H34N4/c1-3-14-36(15-4-1)53-54(56-47-21-11-10-20-46(47)55-53)37-23-28-41(29-24-37)57-48-22-12-9-19-43(48)44-33-38(26-30-49(44)57)39-27-31-50-45(34-39)52-42-18-8-7-13-35(42)25-32-51(52)58(50)40-16-5-2-6-17-40/h1-34H. The third kappa shape index (κ3) is 5.02. The Bertz CT molecular complexity index is 3540. The van der Waals surface area contributed by atoms with E-state index in [4.69, 9.17) is 9.97 Å². The zero-order valence-corrected chi connectivity index (χ0v) is 31.4. The van der Waals surface area contributed by atoms with Crippen molar-refractivity contribution in [3.05, 3.63) is 206 Å². The molecule has 3 aromatic heterocycles. The Hall–Kier alpha value is -7.82. The largest absolute Gasteiger partial charge is 0.309 e. The van der Waals surface area contributed by atoms with Crippen LogP contribution in [-0.4, -0.2) is 19.1 Å². The summed E-state index contributed by atoms with van der Waals surface area (Å²) in [5.41, 5.74) is 15.0. The zero-order valence-electron chi connectivity index (χ0n) is 31.4. The number of para-hydroxylation sites is 4. The summed E-state index contributed by atoms with van der Waals surface area (Å²) in [6.07, 6.45) is 0. The SMILES string of the molecule is c1ccc(-c2nc3ccccc3nc2-c2ccc(-n3c4ccccc4c4cc(-c5ccc6c(c5)c5c7ccccc7ccc5n6-c5ccccc5)ccc43)cc2)cc1. The van der Waals surface area contributed by atoms with E-state index in [1.807, 2.05) is 30.3 Å². The predicted octanol–water partition coefficient (Wildman–Crippen LogP) is 14.0. The van der Waals surface area contributed by atoms with E-state index >= 15 is 0 Å². The molecule has 0 unspecified atom stereocenters. The van der Waals surface area contributed by atoms with Crippen LogP contribution >= 0.6 is 0 Å². The molecule has 0 spiro atoms. The van der Waals surface area contributed by atoms with Crippen LogP contribution in [0.2, 0.25) is 0 Å². The van der Waals surface area contributed by atoms with E-state index in [9.17, 15) is 0 Å². The Morgan fingerprint density at radius 2 is 0.776 bits per heavy atom. The highest BCUT2D eigenvalue weighted by atomic mass is 15.0. The minimum Gasteiger partial charge on any atom is -0.309 e. The van der Waals surface area contributed by atoms with E-state index in [1.54, 1.807) is 0 Å². The van der Waals surface area contributed by atoms with Gasteiger partial charge in [0.15, 0.2) is 0 Å². The maximum absolute atomic E-state index is 5.15. The van der Waals surface area contributed by atoms with Crippen LogP contribution < -0.4 is 0 Å². The molecule has 270 valence electrons. The molecule has 0 N–H and O–H groups in total. The normalized spacial score (nSPS) is 11.8. The summed E-state index contributed by atoms with van der Waals surface area (Å²) in [7, 11) is 0. The van der Waals surface area contributed by atoms with Gasteiger partial charge in [0.1, 0.15) is 0 Å². The van der Waals surface area contributed by atoms with E-state index in [-0.39, 0.29) is 0 Å². The molecular formula is C54H34N4. The van der Waals surface area contributed by atoms with Gasteiger partial charge in [-0.2, -0.15) is 0 Å². The Labute approximate surface area is 334 Å². The molecule has 0 amide bonds. The Balaban J connectivity index is 1.00. The van der Waals surface area contributed by atoms with Gasteiger partial charge >= 0.3 is 0 Å². The molecule has 58 heavy (non-hydrogen) atoms. The van der Waals surface area contributed by atoms with E-state index in [1.165, 1.54) is 65.5 Å². The van der Waals surface area contributed by atoms with Crippen molar-refractivity contribution in [2.45, 2.75) is 0 Å². The summed E-state index contributed by atoms with van der Waals surface area (Å²) < 4.78 is 4.78. The van der Waals surface area contributed by atoms with Gasteiger partial charge in [-0.15, -0.1) is 0 Å². The first-order chi connectivity index (χ1) is 28.8. The highest BCUT2D eigenvalue weighted by Crippen LogP contribution is 2.41. The van der Waals surface area contributed by atoms with Gasteiger partial charge in [-0.3, -0.25) is 0 Å². The van der Waals surface area contributed by atoms with Crippen LogP contribution in [0.4, 0.5) is 0 Å². The molecule has 0 atom stereocenters. The number of nitrogens with zero attached hydrogens (tertiary/aromatic N) is 4. The molecule has 4 heteroatoms. The maximum Gasteiger partial charge on any atom is 0.0973 e. The van der Waals surface area contributed by atoms with Crippen LogP contribution in [0.15, 0.2) is 206 Å². The third-order valence-corrected chi connectivity index (χ3v) is 11.7. The molecule has 0 radical (unpaired) electrons. The van der Waals surface area contributed by atoms with Gasteiger partial charge in [0.25, 0.3) is 0 Å². The first-order valence-electron chi connectivity index (χ1n) is 19.7. The average molecular weight is 739 g/mol. The number of benzene rings is 9. The van der Waals surface area contributed by atoms with E-state index in [0.29, 0.717) is 0 Å². The zero-order chi connectivity index (χ0) is 38.2. The quantitative estimate of drug-likeness (QED) is 0.176. The number of aromatic nitrogens is 4. The van der Waals surface area contributed by atoms with E-state index in [0.717, 1.165) is 44.9 Å². The summed E-state index contributed by atoms with van der Waals surface area (Å²) in [4.78, 5) is 10.2. The number of hydrogen-bond acceptors (Lipinski definition) is 2. The second-order valence-corrected chi connectivity index (χ2v) is 15.0. The molecule has 12 rings (SSSR count). The lowest BCUT2D eigenvalue weighted by Gasteiger charge is -2.12.